The molecule has 1 fully saturated rings. The zero-order valence-corrected chi connectivity index (χ0v) is 11.2. The number of morpholine rings is 1. The first kappa shape index (κ1) is 13.5. The fourth-order valence-corrected chi connectivity index (χ4v) is 3.52. The number of ether oxygens (including phenoxy) is 1. The second-order valence-corrected chi connectivity index (χ2v) is 6.39. The second-order valence-electron chi connectivity index (χ2n) is 4.46. The Labute approximate surface area is 106 Å². The molecule has 1 atom stereocenters. The molecule has 1 aromatic rings. The first-order chi connectivity index (χ1) is 8.41. The molecular formula is C12H16FNO3S. The molecule has 0 aromatic heterocycles. The normalized spacial score (nSPS) is 22.1. The van der Waals surface area contributed by atoms with E-state index < -0.39 is 15.8 Å². The third-order valence-electron chi connectivity index (χ3n) is 2.97. The molecule has 0 N–H and O–H groups in total. The highest BCUT2D eigenvalue weighted by Crippen LogP contribution is 2.20. The van der Waals surface area contributed by atoms with Gasteiger partial charge in [0.15, 0.2) is 0 Å². The van der Waals surface area contributed by atoms with E-state index in [2.05, 4.69) is 0 Å². The lowest BCUT2D eigenvalue weighted by atomic mass is 10.2. The lowest BCUT2D eigenvalue weighted by molar-refractivity contribution is 0.0102. The standard InChI is InChI=1S/C12H16FNO3S/c1-9-7-11(3-4-12(9)13)18(15,16)14-5-6-17-10(2)8-14/h3-4,7,10H,5-6,8H2,1-2H3. The van der Waals surface area contributed by atoms with Gasteiger partial charge in [-0.05, 0) is 37.6 Å². The van der Waals surface area contributed by atoms with Gasteiger partial charge in [0.05, 0.1) is 17.6 Å². The van der Waals surface area contributed by atoms with Crippen molar-refractivity contribution in [2.24, 2.45) is 0 Å². The van der Waals surface area contributed by atoms with Crippen LogP contribution in [0.25, 0.3) is 0 Å². The summed E-state index contributed by atoms with van der Waals surface area (Å²) < 4.78 is 44.5. The van der Waals surface area contributed by atoms with Gasteiger partial charge in [0, 0.05) is 13.1 Å². The molecule has 1 aromatic carbocycles. The molecule has 0 bridgehead atoms. The number of aryl methyl sites for hydroxylation is 1. The van der Waals surface area contributed by atoms with Crippen molar-refractivity contribution in [3.63, 3.8) is 0 Å². The molecule has 4 nitrogen and oxygen atoms in total. The lowest BCUT2D eigenvalue weighted by Gasteiger charge is -2.30. The van der Waals surface area contributed by atoms with Crippen molar-refractivity contribution in [1.82, 2.24) is 4.31 Å². The number of hydrogen-bond donors (Lipinski definition) is 0. The van der Waals surface area contributed by atoms with E-state index in [1.165, 1.54) is 22.5 Å². The van der Waals surface area contributed by atoms with Gasteiger partial charge in [-0.25, -0.2) is 12.8 Å². The largest absolute Gasteiger partial charge is 0.376 e. The minimum atomic E-state index is -3.55. The molecule has 1 aliphatic rings. The Hall–Kier alpha value is -0.980. The lowest BCUT2D eigenvalue weighted by Crippen LogP contribution is -2.44. The van der Waals surface area contributed by atoms with Gasteiger partial charge in [-0.15, -0.1) is 0 Å². The van der Waals surface area contributed by atoms with Crippen LogP contribution in [0, 0.1) is 12.7 Å². The van der Waals surface area contributed by atoms with Crippen molar-refractivity contribution in [3.8, 4) is 0 Å². The Kier molecular flexibility index (Phi) is 3.70. The van der Waals surface area contributed by atoms with E-state index in [0.29, 0.717) is 25.3 Å². The highest BCUT2D eigenvalue weighted by molar-refractivity contribution is 7.89. The Bertz CT molecular complexity index is 544. The van der Waals surface area contributed by atoms with E-state index in [-0.39, 0.29) is 11.0 Å². The van der Waals surface area contributed by atoms with Crippen LogP contribution in [0.1, 0.15) is 12.5 Å². The average molecular weight is 273 g/mol. The topological polar surface area (TPSA) is 46.6 Å². The molecule has 1 saturated heterocycles. The summed E-state index contributed by atoms with van der Waals surface area (Å²) in [6.45, 7) is 4.44. The van der Waals surface area contributed by atoms with Crippen LogP contribution in [0.15, 0.2) is 23.1 Å². The smallest absolute Gasteiger partial charge is 0.243 e. The Balaban J connectivity index is 2.32. The molecular weight excluding hydrogens is 257 g/mol. The monoisotopic (exact) mass is 273 g/mol. The van der Waals surface area contributed by atoms with Crippen LogP contribution in [-0.2, 0) is 14.8 Å². The summed E-state index contributed by atoms with van der Waals surface area (Å²) in [4.78, 5) is 0.135. The van der Waals surface area contributed by atoms with Gasteiger partial charge in [-0.3, -0.25) is 0 Å². The van der Waals surface area contributed by atoms with Gasteiger partial charge >= 0.3 is 0 Å². The van der Waals surface area contributed by atoms with Crippen LogP contribution in [0.5, 0.6) is 0 Å². The van der Waals surface area contributed by atoms with Gasteiger partial charge < -0.3 is 4.74 Å². The first-order valence-corrected chi connectivity index (χ1v) is 7.23. The number of nitrogens with zero attached hydrogens (tertiary/aromatic N) is 1. The summed E-state index contributed by atoms with van der Waals surface area (Å²) >= 11 is 0. The zero-order valence-electron chi connectivity index (χ0n) is 10.4. The summed E-state index contributed by atoms with van der Waals surface area (Å²) in [6, 6.07) is 3.86. The average Bonchev–Trinajstić information content (AvgIpc) is 2.32. The number of hydrogen-bond acceptors (Lipinski definition) is 3. The molecule has 100 valence electrons. The van der Waals surface area contributed by atoms with E-state index in [4.69, 9.17) is 4.74 Å². The van der Waals surface area contributed by atoms with Gasteiger partial charge in [0.1, 0.15) is 5.82 Å². The van der Waals surface area contributed by atoms with E-state index in [1.54, 1.807) is 6.92 Å². The van der Waals surface area contributed by atoms with Gasteiger partial charge in [0.25, 0.3) is 0 Å². The number of sulfonamides is 1. The molecule has 0 aliphatic carbocycles. The van der Waals surface area contributed by atoms with E-state index in [1.807, 2.05) is 6.92 Å². The molecule has 1 unspecified atom stereocenters. The van der Waals surface area contributed by atoms with E-state index >= 15 is 0 Å². The highest BCUT2D eigenvalue weighted by atomic mass is 32.2. The van der Waals surface area contributed by atoms with Crippen molar-refractivity contribution < 1.29 is 17.5 Å². The number of halogens is 1. The van der Waals surface area contributed by atoms with Crippen molar-refractivity contribution in [2.75, 3.05) is 19.7 Å². The third-order valence-corrected chi connectivity index (χ3v) is 4.83. The summed E-state index contributed by atoms with van der Waals surface area (Å²) in [5.41, 5.74) is 0.331. The van der Waals surface area contributed by atoms with Crippen LogP contribution in [0.3, 0.4) is 0 Å². The van der Waals surface area contributed by atoms with Crippen LogP contribution < -0.4 is 0 Å². The molecule has 0 spiro atoms. The molecule has 0 amide bonds. The minimum Gasteiger partial charge on any atom is -0.376 e. The Morgan fingerprint density at radius 1 is 1.44 bits per heavy atom. The maximum atomic E-state index is 13.2. The van der Waals surface area contributed by atoms with Crippen LogP contribution >= 0.6 is 0 Å². The SMILES string of the molecule is Cc1cc(S(=O)(=O)N2CCOC(C)C2)ccc1F. The molecule has 1 aliphatic heterocycles. The fraction of sp³-hybridized carbons (Fsp3) is 0.500. The molecule has 2 rings (SSSR count). The van der Waals surface area contributed by atoms with Crippen LogP contribution in [0.2, 0.25) is 0 Å². The minimum absolute atomic E-state index is 0.116. The van der Waals surface area contributed by atoms with Crippen molar-refractivity contribution >= 4 is 10.0 Å². The molecule has 18 heavy (non-hydrogen) atoms. The summed E-state index contributed by atoms with van der Waals surface area (Å²) in [7, 11) is -3.55. The second kappa shape index (κ2) is 4.95. The molecule has 1 heterocycles. The van der Waals surface area contributed by atoms with Crippen LogP contribution in [0.4, 0.5) is 4.39 Å². The third kappa shape index (κ3) is 2.55. The predicted octanol–water partition coefficient (Wildman–Crippen LogP) is 1.54. The predicted molar refractivity (Wildman–Crippen MR) is 65.3 cm³/mol. The highest BCUT2D eigenvalue weighted by Gasteiger charge is 2.29. The van der Waals surface area contributed by atoms with Gasteiger partial charge in [-0.1, -0.05) is 0 Å². The zero-order chi connectivity index (χ0) is 13.3. The van der Waals surface area contributed by atoms with Crippen molar-refractivity contribution in [2.45, 2.75) is 24.8 Å². The Morgan fingerprint density at radius 3 is 2.78 bits per heavy atom. The quantitative estimate of drug-likeness (QED) is 0.821. The van der Waals surface area contributed by atoms with E-state index in [0.717, 1.165) is 0 Å². The maximum absolute atomic E-state index is 13.2. The number of benzene rings is 1. The molecule has 0 saturated carbocycles. The molecule has 6 heteroatoms. The first-order valence-electron chi connectivity index (χ1n) is 5.79. The Morgan fingerprint density at radius 2 is 2.17 bits per heavy atom. The number of rotatable bonds is 2. The van der Waals surface area contributed by atoms with Gasteiger partial charge in [-0.2, -0.15) is 4.31 Å². The van der Waals surface area contributed by atoms with Gasteiger partial charge in [0.2, 0.25) is 10.0 Å². The van der Waals surface area contributed by atoms with Crippen LogP contribution in [-0.4, -0.2) is 38.5 Å². The van der Waals surface area contributed by atoms with Crippen molar-refractivity contribution in [3.05, 3.63) is 29.6 Å². The molecule has 0 radical (unpaired) electrons. The van der Waals surface area contributed by atoms with Crippen molar-refractivity contribution in [1.29, 1.82) is 0 Å². The fourth-order valence-electron chi connectivity index (χ4n) is 1.93. The van der Waals surface area contributed by atoms with E-state index in [9.17, 15) is 12.8 Å². The summed E-state index contributed by atoms with van der Waals surface area (Å²) in [5, 5.41) is 0. The summed E-state index contributed by atoms with van der Waals surface area (Å²) in [6.07, 6.45) is -0.116. The maximum Gasteiger partial charge on any atom is 0.243 e. The summed E-state index contributed by atoms with van der Waals surface area (Å²) in [5.74, 6) is -0.399.